The first-order chi connectivity index (χ1) is 5.55. The van der Waals surface area contributed by atoms with Crippen LogP contribution in [0, 0.1) is 0 Å². The number of allylic oxidation sites excluding steroid dienone is 1. The van der Waals surface area contributed by atoms with Crippen LogP contribution in [0.15, 0.2) is 42.1 Å². The van der Waals surface area contributed by atoms with Crippen LogP contribution in [0.3, 0.4) is 0 Å². The van der Waals surface area contributed by atoms with Crippen LogP contribution >= 0.6 is 11.1 Å². The molecule has 1 unspecified atom stereocenters. The van der Waals surface area contributed by atoms with E-state index in [4.69, 9.17) is 11.1 Å². The maximum absolute atomic E-state index is 6.44. The Morgan fingerprint density at radius 3 is 2.25 bits per heavy atom. The zero-order valence-electron chi connectivity index (χ0n) is 7.47. The number of hydrogen-bond donors (Lipinski definition) is 0. The second kappa shape index (κ2) is 3.46. The Labute approximate surface area is 79.6 Å². The van der Waals surface area contributed by atoms with E-state index < -0.39 is 7.38 Å². The molecule has 0 aliphatic heterocycles. The van der Waals surface area contributed by atoms with Gasteiger partial charge in [0, 0.05) is 0 Å². The van der Waals surface area contributed by atoms with Gasteiger partial charge in [0.1, 0.15) is 0 Å². The fourth-order valence-electron chi connectivity index (χ4n) is 0.998. The Morgan fingerprint density at radius 1 is 1.33 bits per heavy atom. The van der Waals surface area contributed by atoms with Crippen molar-refractivity contribution in [1.82, 2.24) is 0 Å². The number of hydrogen-bond acceptors (Lipinski definition) is 0. The van der Waals surface area contributed by atoms with Crippen LogP contribution in [-0.2, 0) is 0 Å². The lowest BCUT2D eigenvalue weighted by molar-refractivity contribution is 1.63. The van der Waals surface area contributed by atoms with Crippen LogP contribution in [-0.4, -0.2) is 7.38 Å². The van der Waals surface area contributed by atoms with Gasteiger partial charge in [0.05, 0.1) is 0 Å². The third kappa shape index (κ3) is 1.79. The maximum Gasteiger partial charge on any atom is 0.209 e. The van der Waals surface area contributed by atoms with Crippen LogP contribution in [0.25, 0.3) is 0 Å². The molecule has 0 N–H and O–H groups in total. The smallest absolute Gasteiger partial charge is 0.155 e. The van der Waals surface area contributed by atoms with Crippen molar-refractivity contribution in [3.8, 4) is 0 Å². The summed E-state index contributed by atoms with van der Waals surface area (Å²) in [4.78, 5) is 0. The number of rotatable bonds is 2. The van der Waals surface area contributed by atoms with Crippen molar-refractivity contribution >= 4 is 23.6 Å². The highest BCUT2D eigenvalue weighted by atomic mass is 35.6. The molecular weight excluding hydrogens is 184 g/mol. The number of halogens is 1. The molecule has 0 aromatic heterocycles. The Bertz CT molecular complexity index is 277. The van der Waals surface area contributed by atoms with E-state index in [0.717, 1.165) is 5.20 Å². The first kappa shape index (κ1) is 9.55. The third-order valence-corrected chi connectivity index (χ3v) is 6.76. The average Bonchev–Trinajstić information content (AvgIpc) is 2.06. The second-order valence-corrected chi connectivity index (χ2v) is 8.85. The van der Waals surface area contributed by atoms with Crippen LogP contribution in [0.2, 0.25) is 6.55 Å². The Morgan fingerprint density at radius 2 is 1.83 bits per heavy atom. The van der Waals surface area contributed by atoms with Crippen molar-refractivity contribution in [2.45, 2.75) is 13.5 Å². The highest BCUT2D eigenvalue weighted by Crippen LogP contribution is 2.17. The summed E-state index contributed by atoms with van der Waals surface area (Å²) in [5, 5.41) is 2.34. The van der Waals surface area contributed by atoms with E-state index in [0.29, 0.717) is 0 Å². The first-order valence-corrected chi connectivity index (χ1v) is 7.47. The monoisotopic (exact) mass is 196 g/mol. The van der Waals surface area contributed by atoms with Crippen molar-refractivity contribution < 1.29 is 0 Å². The summed E-state index contributed by atoms with van der Waals surface area (Å²) in [5.74, 6) is 0. The van der Waals surface area contributed by atoms with E-state index in [2.05, 4.69) is 25.3 Å². The van der Waals surface area contributed by atoms with Gasteiger partial charge in [-0.1, -0.05) is 35.5 Å². The Balaban J connectivity index is 3.06. The van der Waals surface area contributed by atoms with Gasteiger partial charge in [-0.25, -0.2) is 0 Å². The minimum atomic E-state index is -1.88. The molecule has 0 aliphatic rings. The van der Waals surface area contributed by atoms with Crippen molar-refractivity contribution in [2.75, 3.05) is 0 Å². The van der Waals surface area contributed by atoms with Gasteiger partial charge in [-0.3, -0.25) is 0 Å². The minimum absolute atomic E-state index is 1.11. The fourth-order valence-corrected chi connectivity index (χ4v) is 2.69. The Hall–Kier alpha value is -0.533. The molecule has 1 rings (SSSR count). The molecule has 1 atom stereocenters. The normalized spacial score (nSPS) is 15.2. The summed E-state index contributed by atoms with van der Waals surface area (Å²) in [6.07, 6.45) is 0. The lowest BCUT2D eigenvalue weighted by atomic mass is 10.4. The molecule has 0 heterocycles. The molecule has 0 spiro atoms. The van der Waals surface area contributed by atoms with E-state index in [1.165, 1.54) is 5.19 Å². The average molecular weight is 197 g/mol. The third-order valence-electron chi connectivity index (χ3n) is 2.12. The molecule has 0 bridgehead atoms. The van der Waals surface area contributed by atoms with Crippen LogP contribution in [0.1, 0.15) is 6.92 Å². The van der Waals surface area contributed by atoms with Gasteiger partial charge in [-0.05, 0) is 18.7 Å². The molecule has 0 aliphatic carbocycles. The standard InChI is InChI=1S/C10H13ClSi/c1-9(2)12(3,11)10-7-5-4-6-8-10/h4-8H,1H2,2-3H3. The van der Waals surface area contributed by atoms with Gasteiger partial charge >= 0.3 is 0 Å². The maximum atomic E-state index is 6.44. The highest BCUT2D eigenvalue weighted by molar-refractivity contribution is 7.30. The van der Waals surface area contributed by atoms with Gasteiger partial charge in [-0.15, -0.1) is 6.58 Å². The quantitative estimate of drug-likeness (QED) is 0.504. The summed E-state index contributed by atoms with van der Waals surface area (Å²) in [5.41, 5.74) is 0. The molecule has 0 saturated carbocycles. The zero-order chi connectivity index (χ0) is 9.19. The molecule has 0 radical (unpaired) electrons. The molecule has 0 amide bonds. The largest absolute Gasteiger partial charge is 0.209 e. The molecule has 1 aromatic carbocycles. The highest BCUT2D eigenvalue weighted by Gasteiger charge is 2.27. The lowest BCUT2D eigenvalue weighted by Gasteiger charge is -2.19. The number of benzene rings is 1. The summed E-state index contributed by atoms with van der Waals surface area (Å²) < 4.78 is 0. The van der Waals surface area contributed by atoms with Crippen molar-refractivity contribution in [2.24, 2.45) is 0 Å². The minimum Gasteiger partial charge on any atom is -0.155 e. The molecule has 1 aromatic rings. The molecular formula is C10H13ClSi. The topological polar surface area (TPSA) is 0 Å². The van der Waals surface area contributed by atoms with E-state index in [1.54, 1.807) is 0 Å². The lowest BCUT2D eigenvalue weighted by Crippen LogP contribution is -2.39. The summed E-state index contributed by atoms with van der Waals surface area (Å²) in [7, 11) is -1.88. The van der Waals surface area contributed by atoms with E-state index in [-0.39, 0.29) is 0 Å². The first-order valence-electron chi connectivity index (χ1n) is 3.95. The summed E-state index contributed by atoms with van der Waals surface area (Å²) in [6.45, 7) is 8.04. The van der Waals surface area contributed by atoms with Gasteiger partial charge < -0.3 is 0 Å². The van der Waals surface area contributed by atoms with Crippen molar-refractivity contribution in [3.05, 3.63) is 42.1 Å². The summed E-state index contributed by atoms with van der Waals surface area (Å²) in [6, 6.07) is 10.2. The van der Waals surface area contributed by atoms with Crippen molar-refractivity contribution in [3.63, 3.8) is 0 Å². The molecule has 0 fully saturated rings. The van der Waals surface area contributed by atoms with E-state index in [1.807, 2.05) is 25.1 Å². The van der Waals surface area contributed by atoms with Crippen LogP contribution < -0.4 is 5.19 Å². The Kier molecular flexibility index (Phi) is 2.75. The molecule has 0 nitrogen and oxygen atoms in total. The van der Waals surface area contributed by atoms with Crippen molar-refractivity contribution in [1.29, 1.82) is 0 Å². The van der Waals surface area contributed by atoms with E-state index in [9.17, 15) is 0 Å². The molecule has 64 valence electrons. The van der Waals surface area contributed by atoms with Crippen LogP contribution in [0.5, 0.6) is 0 Å². The molecule has 2 heteroatoms. The molecule has 0 saturated heterocycles. The SMILES string of the molecule is C=C(C)[Si](C)(Cl)c1ccccc1. The van der Waals surface area contributed by atoms with Gasteiger partial charge in [0.25, 0.3) is 0 Å². The summed E-state index contributed by atoms with van der Waals surface area (Å²) >= 11 is 6.44. The molecule has 12 heavy (non-hydrogen) atoms. The van der Waals surface area contributed by atoms with Gasteiger partial charge in [-0.2, -0.15) is 11.1 Å². The predicted octanol–water partition coefficient (Wildman–Crippen LogP) is 2.82. The van der Waals surface area contributed by atoms with E-state index >= 15 is 0 Å². The second-order valence-electron chi connectivity index (χ2n) is 3.15. The zero-order valence-corrected chi connectivity index (χ0v) is 9.23. The van der Waals surface area contributed by atoms with Gasteiger partial charge in [0.2, 0.25) is 7.38 Å². The van der Waals surface area contributed by atoms with Gasteiger partial charge in [0.15, 0.2) is 0 Å². The van der Waals surface area contributed by atoms with Crippen LogP contribution in [0.4, 0.5) is 0 Å². The fraction of sp³-hybridized carbons (Fsp3) is 0.200. The predicted molar refractivity (Wildman–Crippen MR) is 58.4 cm³/mol.